The Labute approximate surface area is 95.8 Å². The summed E-state index contributed by atoms with van der Waals surface area (Å²) in [5, 5.41) is 3.42. The first-order valence-electron chi connectivity index (χ1n) is 6.62. The van der Waals surface area contributed by atoms with Crippen molar-refractivity contribution in [3.05, 3.63) is 0 Å². The predicted molar refractivity (Wildman–Crippen MR) is 67.3 cm³/mol. The monoisotopic (exact) mass is 215 g/mol. The van der Waals surface area contributed by atoms with Gasteiger partial charge in [0.1, 0.15) is 0 Å². The maximum Gasteiger partial charge on any atom is 0.0616 e. The molecule has 0 saturated heterocycles. The molecule has 15 heavy (non-hydrogen) atoms. The van der Waals surface area contributed by atoms with Crippen LogP contribution in [0.3, 0.4) is 0 Å². The van der Waals surface area contributed by atoms with Crippen LogP contribution in [0.5, 0.6) is 0 Å². The number of nitrogens with one attached hydrogen (secondary N) is 1. The Morgan fingerprint density at radius 2 is 1.73 bits per heavy atom. The minimum Gasteiger partial charge on any atom is -0.380 e. The number of rotatable bonds is 11. The molecule has 1 atom stereocenters. The molecule has 1 N–H and O–H groups in total. The van der Waals surface area contributed by atoms with Gasteiger partial charge in [-0.05, 0) is 26.3 Å². The molecule has 0 fully saturated rings. The zero-order valence-corrected chi connectivity index (χ0v) is 10.8. The van der Waals surface area contributed by atoms with Crippen molar-refractivity contribution in [2.75, 3.05) is 19.8 Å². The zero-order valence-electron chi connectivity index (χ0n) is 10.8. The second kappa shape index (κ2) is 12.0. The van der Waals surface area contributed by atoms with E-state index in [1.807, 2.05) is 0 Å². The van der Waals surface area contributed by atoms with Crippen molar-refractivity contribution in [2.24, 2.45) is 0 Å². The van der Waals surface area contributed by atoms with Crippen LogP contribution in [-0.4, -0.2) is 25.8 Å². The lowest BCUT2D eigenvalue weighted by Gasteiger charge is -2.13. The van der Waals surface area contributed by atoms with Gasteiger partial charge >= 0.3 is 0 Å². The first kappa shape index (κ1) is 14.9. The average molecular weight is 215 g/mol. The van der Waals surface area contributed by atoms with E-state index in [4.69, 9.17) is 4.74 Å². The average Bonchev–Trinajstić information content (AvgIpc) is 2.25. The summed E-state index contributed by atoms with van der Waals surface area (Å²) in [7, 11) is 0. The van der Waals surface area contributed by atoms with Crippen molar-refractivity contribution >= 4 is 0 Å². The highest BCUT2D eigenvalue weighted by Gasteiger charge is 1.99. The molecule has 1 unspecified atom stereocenters. The highest BCUT2D eigenvalue weighted by molar-refractivity contribution is 4.57. The van der Waals surface area contributed by atoms with Gasteiger partial charge in [0.15, 0.2) is 0 Å². The van der Waals surface area contributed by atoms with Crippen LogP contribution in [0.15, 0.2) is 0 Å². The second-order valence-corrected chi connectivity index (χ2v) is 4.34. The van der Waals surface area contributed by atoms with Gasteiger partial charge in [-0.25, -0.2) is 0 Å². The summed E-state index contributed by atoms with van der Waals surface area (Å²) >= 11 is 0. The third-order valence-corrected chi connectivity index (χ3v) is 2.50. The van der Waals surface area contributed by atoms with Crippen molar-refractivity contribution in [2.45, 2.75) is 65.3 Å². The molecule has 2 nitrogen and oxygen atoms in total. The fraction of sp³-hybridized carbons (Fsp3) is 1.00. The van der Waals surface area contributed by atoms with E-state index in [9.17, 15) is 0 Å². The largest absolute Gasteiger partial charge is 0.380 e. The normalized spacial score (nSPS) is 13.0. The highest BCUT2D eigenvalue weighted by atomic mass is 16.5. The second-order valence-electron chi connectivity index (χ2n) is 4.34. The summed E-state index contributed by atoms with van der Waals surface area (Å²) in [4.78, 5) is 0. The van der Waals surface area contributed by atoms with Gasteiger partial charge in [-0.15, -0.1) is 0 Å². The molecule has 0 bridgehead atoms. The van der Waals surface area contributed by atoms with Crippen LogP contribution in [-0.2, 0) is 4.74 Å². The number of hydrogen-bond acceptors (Lipinski definition) is 2. The van der Waals surface area contributed by atoms with Crippen LogP contribution in [0.25, 0.3) is 0 Å². The molecule has 92 valence electrons. The van der Waals surface area contributed by atoms with Crippen molar-refractivity contribution in [1.82, 2.24) is 5.32 Å². The summed E-state index contributed by atoms with van der Waals surface area (Å²) in [6.45, 7) is 9.51. The molecule has 0 aliphatic heterocycles. The molecule has 0 amide bonds. The number of unbranched alkanes of at least 4 members (excludes halogenated alkanes) is 4. The molecule has 0 aromatic rings. The van der Waals surface area contributed by atoms with Gasteiger partial charge in [0, 0.05) is 12.6 Å². The minimum absolute atomic E-state index is 0.501. The van der Waals surface area contributed by atoms with Crippen LogP contribution < -0.4 is 5.32 Å². The van der Waals surface area contributed by atoms with Gasteiger partial charge in [-0.3, -0.25) is 0 Å². The smallest absolute Gasteiger partial charge is 0.0616 e. The van der Waals surface area contributed by atoms with E-state index < -0.39 is 0 Å². The maximum absolute atomic E-state index is 5.61. The van der Waals surface area contributed by atoms with Gasteiger partial charge in [-0.2, -0.15) is 0 Å². The van der Waals surface area contributed by atoms with Gasteiger partial charge in [-0.1, -0.05) is 39.5 Å². The number of ether oxygens (including phenoxy) is 1. The van der Waals surface area contributed by atoms with E-state index in [0.29, 0.717) is 6.04 Å². The lowest BCUT2D eigenvalue weighted by molar-refractivity contribution is 0.112. The van der Waals surface area contributed by atoms with E-state index in [1.165, 1.54) is 38.5 Å². The van der Waals surface area contributed by atoms with E-state index in [0.717, 1.165) is 19.8 Å². The zero-order chi connectivity index (χ0) is 11.4. The standard InChI is InChI=1S/C13H29NO/c1-4-6-7-8-9-11-15-12-13(3)14-10-5-2/h13-14H,4-12H2,1-3H3. The Hall–Kier alpha value is -0.0800. The molecule has 0 spiro atoms. The third kappa shape index (κ3) is 11.8. The van der Waals surface area contributed by atoms with Gasteiger partial charge in [0.05, 0.1) is 6.61 Å². The van der Waals surface area contributed by atoms with E-state index in [1.54, 1.807) is 0 Å². The summed E-state index contributed by atoms with van der Waals surface area (Å²) in [5.41, 5.74) is 0. The summed E-state index contributed by atoms with van der Waals surface area (Å²) in [6, 6.07) is 0.501. The summed E-state index contributed by atoms with van der Waals surface area (Å²) in [6.07, 6.45) is 7.79. The highest BCUT2D eigenvalue weighted by Crippen LogP contribution is 2.02. The van der Waals surface area contributed by atoms with Crippen molar-refractivity contribution in [1.29, 1.82) is 0 Å². The van der Waals surface area contributed by atoms with Crippen LogP contribution in [0.4, 0.5) is 0 Å². The van der Waals surface area contributed by atoms with Crippen LogP contribution in [0.1, 0.15) is 59.3 Å². The minimum atomic E-state index is 0.501. The molecular formula is C13H29NO. The summed E-state index contributed by atoms with van der Waals surface area (Å²) in [5.74, 6) is 0. The lowest BCUT2D eigenvalue weighted by Crippen LogP contribution is -2.31. The van der Waals surface area contributed by atoms with Crippen LogP contribution in [0, 0.1) is 0 Å². The fourth-order valence-electron chi connectivity index (χ4n) is 1.52. The Balaban J connectivity index is 3.02. The molecular weight excluding hydrogens is 186 g/mol. The lowest BCUT2D eigenvalue weighted by atomic mass is 10.2. The molecule has 0 aliphatic rings. The van der Waals surface area contributed by atoms with Gasteiger partial charge < -0.3 is 10.1 Å². The van der Waals surface area contributed by atoms with Gasteiger partial charge in [0.2, 0.25) is 0 Å². The Kier molecular flexibility index (Phi) is 11.9. The fourth-order valence-corrected chi connectivity index (χ4v) is 1.52. The van der Waals surface area contributed by atoms with Crippen molar-refractivity contribution in [3.8, 4) is 0 Å². The third-order valence-electron chi connectivity index (χ3n) is 2.50. The van der Waals surface area contributed by atoms with Crippen molar-refractivity contribution < 1.29 is 4.74 Å². The first-order chi connectivity index (χ1) is 7.31. The predicted octanol–water partition coefficient (Wildman–Crippen LogP) is 3.36. The molecule has 0 rings (SSSR count). The van der Waals surface area contributed by atoms with Crippen LogP contribution in [0.2, 0.25) is 0 Å². The maximum atomic E-state index is 5.61. The Morgan fingerprint density at radius 1 is 1.00 bits per heavy atom. The van der Waals surface area contributed by atoms with E-state index in [-0.39, 0.29) is 0 Å². The quantitative estimate of drug-likeness (QED) is 0.534. The van der Waals surface area contributed by atoms with E-state index >= 15 is 0 Å². The van der Waals surface area contributed by atoms with Gasteiger partial charge in [0.25, 0.3) is 0 Å². The number of hydrogen-bond donors (Lipinski definition) is 1. The molecule has 0 aromatic carbocycles. The van der Waals surface area contributed by atoms with Crippen LogP contribution >= 0.6 is 0 Å². The molecule has 2 heteroatoms. The molecule has 0 heterocycles. The summed E-state index contributed by atoms with van der Waals surface area (Å²) < 4.78 is 5.61. The molecule has 0 aliphatic carbocycles. The Morgan fingerprint density at radius 3 is 2.40 bits per heavy atom. The molecule has 0 saturated carbocycles. The SMILES string of the molecule is CCCCCCCOCC(C)NCCC. The first-order valence-corrected chi connectivity index (χ1v) is 6.62. The topological polar surface area (TPSA) is 21.3 Å². The molecule has 0 aromatic heterocycles. The van der Waals surface area contributed by atoms with Crippen molar-refractivity contribution in [3.63, 3.8) is 0 Å². The molecule has 0 radical (unpaired) electrons. The Bertz CT molecular complexity index is 117. The van der Waals surface area contributed by atoms with E-state index in [2.05, 4.69) is 26.1 Å².